The molecule has 2 heterocycles. The van der Waals surface area contributed by atoms with Crippen molar-refractivity contribution in [3.05, 3.63) is 15.5 Å². The van der Waals surface area contributed by atoms with Gasteiger partial charge in [-0.3, -0.25) is 4.21 Å². The van der Waals surface area contributed by atoms with E-state index in [1.165, 1.54) is 24.2 Å². The van der Waals surface area contributed by atoms with Gasteiger partial charge in [0, 0.05) is 27.6 Å². The molecule has 6 heteroatoms. The number of aromatic nitrogens is 1. The Morgan fingerprint density at radius 1 is 1.69 bits per heavy atom. The van der Waals surface area contributed by atoms with Gasteiger partial charge in [-0.25, -0.2) is 4.98 Å². The first kappa shape index (κ1) is 12.5. The van der Waals surface area contributed by atoms with E-state index in [1.54, 1.807) is 6.20 Å². The first-order chi connectivity index (χ1) is 7.74. The standard InChI is InChI=1S/C10H15ClN2OS2/c11-10-13-5-9(15-10)7-16(14)6-8-2-1-3-12-4-8/h5,8,12H,1-4,6-7H2/t8-,16+/m0/s1. The van der Waals surface area contributed by atoms with Crippen molar-refractivity contribution >= 4 is 33.7 Å². The van der Waals surface area contributed by atoms with E-state index < -0.39 is 10.8 Å². The zero-order valence-electron chi connectivity index (χ0n) is 8.95. The van der Waals surface area contributed by atoms with E-state index in [0.29, 0.717) is 16.1 Å². The van der Waals surface area contributed by atoms with Gasteiger partial charge in [0.1, 0.15) is 0 Å². The van der Waals surface area contributed by atoms with Crippen molar-refractivity contribution in [3.63, 3.8) is 0 Å². The highest BCUT2D eigenvalue weighted by Gasteiger charge is 2.16. The van der Waals surface area contributed by atoms with Crippen molar-refractivity contribution in [2.24, 2.45) is 5.92 Å². The lowest BCUT2D eigenvalue weighted by Gasteiger charge is -2.21. The third-order valence-electron chi connectivity index (χ3n) is 2.65. The zero-order valence-corrected chi connectivity index (χ0v) is 11.3. The second-order valence-electron chi connectivity index (χ2n) is 4.04. The molecule has 0 unspecified atom stereocenters. The van der Waals surface area contributed by atoms with Crippen LogP contribution in [0.4, 0.5) is 0 Å². The largest absolute Gasteiger partial charge is 0.316 e. The predicted octanol–water partition coefficient (Wildman–Crippen LogP) is 2.04. The van der Waals surface area contributed by atoms with Crippen molar-refractivity contribution in [2.45, 2.75) is 18.6 Å². The molecule has 1 saturated heterocycles. The summed E-state index contributed by atoms with van der Waals surface area (Å²) in [4.78, 5) is 4.97. The summed E-state index contributed by atoms with van der Waals surface area (Å²) in [5, 5.41) is 3.34. The number of halogens is 1. The van der Waals surface area contributed by atoms with E-state index in [1.807, 2.05) is 0 Å². The number of rotatable bonds is 4. The molecule has 2 atom stereocenters. The lowest BCUT2D eigenvalue weighted by molar-refractivity contribution is 0.408. The Hall–Kier alpha value is 0.0300. The van der Waals surface area contributed by atoms with Crippen LogP contribution in [-0.2, 0) is 16.6 Å². The number of piperidine rings is 1. The van der Waals surface area contributed by atoms with Crippen molar-refractivity contribution in [2.75, 3.05) is 18.8 Å². The van der Waals surface area contributed by atoms with Crippen LogP contribution in [0.1, 0.15) is 17.7 Å². The second-order valence-corrected chi connectivity index (χ2v) is 7.24. The fourth-order valence-electron chi connectivity index (χ4n) is 1.90. The maximum absolute atomic E-state index is 11.9. The maximum atomic E-state index is 11.9. The molecule has 0 radical (unpaired) electrons. The lowest BCUT2D eigenvalue weighted by atomic mass is 10.0. The highest BCUT2D eigenvalue weighted by Crippen LogP contribution is 2.20. The summed E-state index contributed by atoms with van der Waals surface area (Å²) in [6.45, 7) is 2.11. The van der Waals surface area contributed by atoms with Gasteiger partial charge in [-0.2, -0.15) is 0 Å². The van der Waals surface area contributed by atoms with Crippen LogP contribution in [0.5, 0.6) is 0 Å². The Bertz CT molecular complexity index is 363. The molecule has 1 aliphatic rings. The van der Waals surface area contributed by atoms with Crippen LogP contribution in [0, 0.1) is 5.92 Å². The molecule has 1 fully saturated rings. The Balaban J connectivity index is 1.79. The van der Waals surface area contributed by atoms with E-state index in [9.17, 15) is 4.21 Å². The van der Waals surface area contributed by atoms with Crippen LogP contribution >= 0.6 is 22.9 Å². The molecule has 0 bridgehead atoms. The molecular weight excluding hydrogens is 264 g/mol. The van der Waals surface area contributed by atoms with Crippen LogP contribution in [0.2, 0.25) is 4.47 Å². The monoisotopic (exact) mass is 278 g/mol. The molecule has 2 rings (SSSR count). The van der Waals surface area contributed by atoms with Gasteiger partial charge in [0.05, 0.1) is 5.75 Å². The van der Waals surface area contributed by atoms with E-state index in [4.69, 9.17) is 11.6 Å². The van der Waals surface area contributed by atoms with Gasteiger partial charge in [-0.1, -0.05) is 11.6 Å². The van der Waals surface area contributed by atoms with Crippen LogP contribution in [-0.4, -0.2) is 28.0 Å². The SMILES string of the molecule is O=[S@@](Cc1cnc(Cl)s1)C[C@H]1CCCNC1. The minimum atomic E-state index is -0.783. The van der Waals surface area contributed by atoms with Crippen LogP contribution < -0.4 is 5.32 Å². The average Bonchev–Trinajstić information content (AvgIpc) is 2.65. The molecule has 0 aliphatic carbocycles. The smallest absolute Gasteiger partial charge is 0.183 e. The number of nitrogens with zero attached hydrogens (tertiary/aromatic N) is 1. The topological polar surface area (TPSA) is 42.0 Å². The van der Waals surface area contributed by atoms with Gasteiger partial charge < -0.3 is 5.32 Å². The molecule has 1 aliphatic heterocycles. The minimum absolute atomic E-state index is 0.534. The molecule has 90 valence electrons. The number of hydrogen-bond donors (Lipinski definition) is 1. The fraction of sp³-hybridized carbons (Fsp3) is 0.700. The fourth-order valence-corrected chi connectivity index (χ4v) is 4.62. The van der Waals surface area contributed by atoms with Crippen molar-refractivity contribution in [1.82, 2.24) is 10.3 Å². The Kier molecular flexibility index (Phi) is 4.76. The molecule has 3 nitrogen and oxygen atoms in total. The normalized spacial score (nSPS) is 23.2. The van der Waals surface area contributed by atoms with E-state index in [-0.39, 0.29) is 0 Å². The predicted molar refractivity (Wildman–Crippen MR) is 69.4 cm³/mol. The highest BCUT2D eigenvalue weighted by atomic mass is 35.5. The van der Waals surface area contributed by atoms with Crippen molar-refractivity contribution in [1.29, 1.82) is 0 Å². The van der Waals surface area contributed by atoms with Crippen molar-refractivity contribution < 1.29 is 4.21 Å². The second kappa shape index (κ2) is 6.10. The highest BCUT2D eigenvalue weighted by molar-refractivity contribution is 7.84. The first-order valence-corrected chi connectivity index (χ1v) is 8.08. The molecule has 1 aromatic heterocycles. The van der Waals surface area contributed by atoms with Gasteiger partial charge in [-0.05, 0) is 31.8 Å². The minimum Gasteiger partial charge on any atom is -0.316 e. The van der Waals surface area contributed by atoms with Crippen LogP contribution in [0.3, 0.4) is 0 Å². The quantitative estimate of drug-likeness (QED) is 0.917. The van der Waals surface area contributed by atoms with Gasteiger partial charge in [-0.15, -0.1) is 11.3 Å². The van der Waals surface area contributed by atoms with E-state index in [2.05, 4.69) is 10.3 Å². The molecule has 16 heavy (non-hydrogen) atoms. The summed E-state index contributed by atoms with van der Waals surface area (Å²) in [5.74, 6) is 1.96. The Morgan fingerprint density at radius 3 is 3.19 bits per heavy atom. The molecule has 1 aromatic rings. The summed E-state index contributed by atoms with van der Waals surface area (Å²) < 4.78 is 12.4. The summed E-state index contributed by atoms with van der Waals surface area (Å²) in [6, 6.07) is 0. The molecular formula is C10H15ClN2OS2. The third kappa shape index (κ3) is 3.80. The van der Waals surface area contributed by atoms with E-state index >= 15 is 0 Å². The summed E-state index contributed by atoms with van der Waals surface area (Å²) >= 11 is 7.16. The Morgan fingerprint density at radius 2 is 2.56 bits per heavy atom. The van der Waals surface area contributed by atoms with E-state index in [0.717, 1.165) is 23.7 Å². The summed E-state index contributed by atoms with van der Waals surface area (Å²) in [6.07, 6.45) is 4.13. The number of thiazole rings is 1. The Labute approximate surface area is 107 Å². The summed E-state index contributed by atoms with van der Waals surface area (Å²) in [5.41, 5.74) is 0. The average molecular weight is 279 g/mol. The molecule has 0 spiro atoms. The van der Waals surface area contributed by atoms with Gasteiger partial charge in [0.15, 0.2) is 4.47 Å². The molecule has 0 amide bonds. The lowest BCUT2D eigenvalue weighted by Crippen LogP contribution is -2.32. The van der Waals surface area contributed by atoms with Gasteiger partial charge in [0.25, 0.3) is 0 Å². The number of nitrogens with one attached hydrogen (secondary N) is 1. The molecule has 1 N–H and O–H groups in total. The molecule has 0 aromatic carbocycles. The van der Waals surface area contributed by atoms with Crippen LogP contribution in [0.15, 0.2) is 6.20 Å². The molecule has 0 saturated carbocycles. The first-order valence-electron chi connectivity index (χ1n) is 5.40. The summed E-state index contributed by atoms with van der Waals surface area (Å²) in [7, 11) is -0.783. The van der Waals surface area contributed by atoms with Gasteiger partial charge in [0.2, 0.25) is 0 Å². The number of hydrogen-bond acceptors (Lipinski definition) is 4. The third-order valence-corrected chi connectivity index (χ3v) is 5.42. The van der Waals surface area contributed by atoms with Crippen molar-refractivity contribution in [3.8, 4) is 0 Å². The maximum Gasteiger partial charge on any atom is 0.183 e. The van der Waals surface area contributed by atoms with Crippen LogP contribution in [0.25, 0.3) is 0 Å². The zero-order chi connectivity index (χ0) is 11.4. The van der Waals surface area contributed by atoms with Gasteiger partial charge >= 0.3 is 0 Å².